The van der Waals surface area contributed by atoms with Crippen LogP contribution in [0.2, 0.25) is 0 Å². The van der Waals surface area contributed by atoms with E-state index in [0.717, 1.165) is 11.3 Å². The van der Waals surface area contributed by atoms with Crippen molar-refractivity contribution in [2.45, 2.75) is 58.0 Å². The van der Waals surface area contributed by atoms with Gasteiger partial charge in [-0.2, -0.15) is 4.72 Å². The molecule has 2 aromatic rings. The lowest BCUT2D eigenvalue weighted by atomic mass is 10.0. The lowest BCUT2D eigenvalue weighted by Crippen LogP contribution is -2.47. The maximum Gasteiger partial charge on any atom is 0.242 e. The summed E-state index contributed by atoms with van der Waals surface area (Å²) >= 11 is 0. The number of anilines is 2. The number of nitrogens with zero attached hydrogens (tertiary/aromatic N) is 1. The number of nitrogens with one attached hydrogen (secondary N) is 2. The van der Waals surface area contributed by atoms with Crippen LogP contribution in [0.15, 0.2) is 47.4 Å². The van der Waals surface area contributed by atoms with Gasteiger partial charge in [-0.05, 0) is 62.1 Å². The van der Waals surface area contributed by atoms with Gasteiger partial charge < -0.3 is 15.0 Å². The first-order valence-electron chi connectivity index (χ1n) is 11.0. The lowest BCUT2D eigenvalue weighted by molar-refractivity contribution is -0.118. The standard InChI is InChI=1S/C24H31N3O5S/c1-6-32-22-10-8-7-9-20(22)25-24(29)23(15(2)3)26-33(30,31)19-11-12-21-18(14-19)13-16(4)27(21)17(5)28/h7-12,14-16,23,26H,6,13H2,1-5H3,(H,25,29)/t16-,23+/m0/s1. The zero-order valence-electron chi connectivity index (χ0n) is 19.6. The molecule has 9 heteroatoms. The predicted molar refractivity (Wildman–Crippen MR) is 128 cm³/mol. The molecule has 0 aliphatic carbocycles. The summed E-state index contributed by atoms with van der Waals surface area (Å²) in [7, 11) is -3.98. The van der Waals surface area contributed by atoms with E-state index < -0.39 is 22.0 Å². The van der Waals surface area contributed by atoms with Crippen molar-refractivity contribution in [3.8, 4) is 5.75 Å². The Balaban J connectivity index is 1.83. The summed E-state index contributed by atoms with van der Waals surface area (Å²) in [5.41, 5.74) is 1.99. The summed E-state index contributed by atoms with van der Waals surface area (Å²) in [4.78, 5) is 26.7. The molecule has 0 saturated carbocycles. The van der Waals surface area contributed by atoms with E-state index in [1.165, 1.54) is 13.0 Å². The number of hydrogen-bond donors (Lipinski definition) is 2. The molecule has 0 unspecified atom stereocenters. The van der Waals surface area contributed by atoms with Crippen molar-refractivity contribution < 1.29 is 22.7 Å². The highest BCUT2D eigenvalue weighted by Crippen LogP contribution is 2.34. The van der Waals surface area contributed by atoms with Crippen molar-refractivity contribution in [3.63, 3.8) is 0 Å². The number of amides is 2. The zero-order chi connectivity index (χ0) is 24.3. The van der Waals surface area contributed by atoms with Crippen molar-refractivity contribution in [3.05, 3.63) is 48.0 Å². The Kier molecular flexibility index (Phi) is 7.44. The van der Waals surface area contributed by atoms with Gasteiger partial charge in [0.05, 0.1) is 17.2 Å². The monoisotopic (exact) mass is 473 g/mol. The van der Waals surface area contributed by atoms with Crippen LogP contribution in [0, 0.1) is 5.92 Å². The summed E-state index contributed by atoms with van der Waals surface area (Å²) in [6.07, 6.45) is 0.570. The molecule has 2 N–H and O–H groups in total. The Morgan fingerprint density at radius 3 is 2.52 bits per heavy atom. The van der Waals surface area contributed by atoms with Crippen molar-refractivity contribution in [1.29, 1.82) is 0 Å². The average Bonchev–Trinajstić information content (AvgIpc) is 3.08. The molecule has 2 amide bonds. The van der Waals surface area contributed by atoms with Gasteiger partial charge >= 0.3 is 0 Å². The zero-order valence-corrected chi connectivity index (χ0v) is 20.4. The number of carbonyl (C=O) groups is 2. The first-order valence-corrected chi connectivity index (χ1v) is 12.5. The summed E-state index contributed by atoms with van der Waals surface area (Å²) in [6.45, 7) is 9.24. The molecule has 1 heterocycles. The van der Waals surface area contributed by atoms with Gasteiger partial charge in [-0.1, -0.05) is 26.0 Å². The fraction of sp³-hybridized carbons (Fsp3) is 0.417. The highest BCUT2D eigenvalue weighted by Gasteiger charge is 2.32. The van der Waals surface area contributed by atoms with Gasteiger partial charge in [0, 0.05) is 18.7 Å². The normalized spacial score (nSPS) is 16.4. The van der Waals surface area contributed by atoms with E-state index in [4.69, 9.17) is 4.74 Å². The van der Waals surface area contributed by atoms with Crippen LogP contribution in [0.1, 0.15) is 40.2 Å². The molecule has 1 aliphatic rings. The molecule has 1 aliphatic heterocycles. The van der Waals surface area contributed by atoms with Gasteiger partial charge in [0.2, 0.25) is 21.8 Å². The smallest absolute Gasteiger partial charge is 0.242 e. The average molecular weight is 474 g/mol. The maximum absolute atomic E-state index is 13.2. The molecule has 2 aromatic carbocycles. The molecule has 0 fully saturated rings. The third-order valence-corrected chi connectivity index (χ3v) is 7.03. The minimum absolute atomic E-state index is 0.0389. The van der Waals surface area contributed by atoms with Crippen LogP contribution in [0.25, 0.3) is 0 Å². The molecule has 0 bridgehead atoms. The van der Waals surface area contributed by atoms with E-state index >= 15 is 0 Å². The van der Waals surface area contributed by atoms with E-state index in [9.17, 15) is 18.0 Å². The van der Waals surface area contributed by atoms with E-state index in [1.807, 2.05) is 13.8 Å². The summed E-state index contributed by atoms with van der Waals surface area (Å²) in [5.74, 6) is -0.347. The Morgan fingerprint density at radius 1 is 1.18 bits per heavy atom. The molecular formula is C24H31N3O5S. The lowest BCUT2D eigenvalue weighted by Gasteiger charge is -2.23. The van der Waals surface area contributed by atoms with Gasteiger partial charge in [-0.3, -0.25) is 9.59 Å². The van der Waals surface area contributed by atoms with Crippen molar-refractivity contribution in [2.75, 3.05) is 16.8 Å². The Morgan fingerprint density at radius 2 is 1.88 bits per heavy atom. The van der Waals surface area contributed by atoms with E-state index in [1.54, 1.807) is 55.1 Å². The van der Waals surface area contributed by atoms with E-state index in [2.05, 4.69) is 10.0 Å². The maximum atomic E-state index is 13.2. The van der Waals surface area contributed by atoms with Gasteiger partial charge in [0.15, 0.2) is 0 Å². The molecule has 0 radical (unpaired) electrons. The Bertz CT molecular complexity index is 1150. The van der Waals surface area contributed by atoms with Crippen LogP contribution in [-0.4, -0.2) is 38.9 Å². The number of hydrogen-bond acceptors (Lipinski definition) is 5. The third-order valence-electron chi connectivity index (χ3n) is 5.59. The van der Waals surface area contributed by atoms with Crippen LogP contribution in [0.3, 0.4) is 0 Å². The Labute approximate surface area is 195 Å². The molecule has 33 heavy (non-hydrogen) atoms. The summed E-state index contributed by atoms with van der Waals surface area (Å²) < 4.78 is 34.4. The molecule has 8 nitrogen and oxygen atoms in total. The minimum atomic E-state index is -3.98. The minimum Gasteiger partial charge on any atom is -0.492 e. The number of benzene rings is 2. The highest BCUT2D eigenvalue weighted by molar-refractivity contribution is 7.89. The second kappa shape index (κ2) is 9.93. The number of sulfonamides is 1. The van der Waals surface area contributed by atoms with Gasteiger partial charge in [0.25, 0.3) is 0 Å². The first kappa shape index (κ1) is 24.7. The molecule has 0 spiro atoms. The quantitative estimate of drug-likeness (QED) is 0.612. The number of carbonyl (C=O) groups excluding carboxylic acids is 2. The van der Waals surface area contributed by atoms with Gasteiger partial charge in [-0.25, -0.2) is 8.42 Å². The van der Waals surface area contributed by atoms with Crippen molar-refractivity contribution in [1.82, 2.24) is 4.72 Å². The predicted octanol–water partition coefficient (Wildman–Crippen LogP) is 3.32. The second-order valence-corrected chi connectivity index (χ2v) is 10.2. The third kappa shape index (κ3) is 5.36. The van der Waals surface area contributed by atoms with Crippen LogP contribution >= 0.6 is 0 Å². The fourth-order valence-corrected chi connectivity index (χ4v) is 5.44. The van der Waals surface area contributed by atoms with Crippen LogP contribution in [-0.2, 0) is 26.0 Å². The molecule has 2 atom stereocenters. The topological polar surface area (TPSA) is 105 Å². The molecule has 178 valence electrons. The van der Waals surface area contributed by atoms with Gasteiger partial charge in [0.1, 0.15) is 11.8 Å². The van der Waals surface area contributed by atoms with E-state index in [-0.39, 0.29) is 22.8 Å². The molecule has 0 saturated heterocycles. The largest absolute Gasteiger partial charge is 0.492 e. The number of para-hydroxylation sites is 2. The van der Waals surface area contributed by atoms with Gasteiger partial charge in [-0.15, -0.1) is 0 Å². The SMILES string of the molecule is CCOc1ccccc1NC(=O)[C@H](NS(=O)(=O)c1ccc2c(c1)C[C@H](C)N2C(C)=O)C(C)C. The number of fused-ring (bicyclic) bond motifs is 1. The number of ether oxygens (including phenoxy) is 1. The molecule has 3 rings (SSSR count). The summed E-state index contributed by atoms with van der Waals surface area (Å²) in [6, 6.07) is 10.7. The Hall–Kier alpha value is -2.91. The summed E-state index contributed by atoms with van der Waals surface area (Å²) in [5, 5.41) is 2.78. The van der Waals surface area contributed by atoms with Crippen molar-refractivity contribution >= 4 is 33.2 Å². The highest BCUT2D eigenvalue weighted by atomic mass is 32.2. The second-order valence-electron chi connectivity index (χ2n) is 8.49. The van der Waals surface area contributed by atoms with Crippen molar-refractivity contribution in [2.24, 2.45) is 5.92 Å². The molecular weight excluding hydrogens is 442 g/mol. The first-order chi connectivity index (χ1) is 15.5. The van der Waals surface area contributed by atoms with Crippen LogP contribution in [0.4, 0.5) is 11.4 Å². The van der Waals surface area contributed by atoms with Crippen LogP contribution in [0.5, 0.6) is 5.75 Å². The van der Waals surface area contributed by atoms with Crippen LogP contribution < -0.4 is 19.7 Å². The fourth-order valence-electron chi connectivity index (χ4n) is 4.04. The molecule has 0 aromatic heterocycles. The number of rotatable bonds is 8. The van der Waals surface area contributed by atoms with E-state index in [0.29, 0.717) is 24.5 Å².